The molecule has 0 bridgehead atoms. The highest BCUT2D eigenvalue weighted by atomic mass is 32.2. The van der Waals surface area contributed by atoms with Gasteiger partial charge in [-0.15, -0.1) is 0 Å². The van der Waals surface area contributed by atoms with E-state index in [1.807, 2.05) is 0 Å². The van der Waals surface area contributed by atoms with Crippen molar-refractivity contribution in [2.24, 2.45) is 0 Å². The second-order valence-electron chi connectivity index (χ2n) is 3.08. The average molecular weight is 212 g/mol. The minimum atomic E-state index is -3.28. The molecule has 76 valence electrons. The number of hydrogen-bond donors (Lipinski definition) is 0. The highest BCUT2D eigenvalue weighted by molar-refractivity contribution is 7.91. The summed E-state index contributed by atoms with van der Waals surface area (Å²) in [4.78, 5) is 10.9. The third-order valence-corrected chi connectivity index (χ3v) is 3.56. The molecule has 3 nitrogen and oxygen atoms in total. The van der Waals surface area contributed by atoms with Crippen LogP contribution in [0, 0.1) is 0 Å². The van der Waals surface area contributed by atoms with Gasteiger partial charge in [0, 0.05) is 6.42 Å². The molecule has 0 saturated heterocycles. The van der Waals surface area contributed by atoms with E-state index >= 15 is 0 Å². The first kappa shape index (κ1) is 10.9. The Morgan fingerprint density at radius 1 is 1.21 bits per heavy atom. The predicted octanol–water partition coefficient (Wildman–Crippen LogP) is 1.44. The second-order valence-corrected chi connectivity index (χ2v) is 5.19. The topological polar surface area (TPSA) is 51.2 Å². The van der Waals surface area contributed by atoms with Gasteiger partial charge in [0.2, 0.25) is 0 Å². The van der Waals surface area contributed by atoms with Crippen molar-refractivity contribution in [1.29, 1.82) is 0 Å². The molecule has 0 fully saturated rings. The van der Waals surface area contributed by atoms with Gasteiger partial charge in [-0.3, -0.25) is 4.79 Å². The molecule has 0 aromatic heterocycles. The van der Waals surface area contributed by atoms with E-state index < -0.39 is 9.84 Å². The Labute approximate surface area is 83.7 Å². The zero-order chi connectivity index (χ0) is 10.6. The molecule has 0 aliphatic carbocycles. The minimum Gasteiger partial charge on any atom is -0.300 e. The number of carbonyl (C=O) groups excluding carboxylic acids is 1. The Hall–Kier alpha value is -1.16. The molecule has 0 unspecified atom stereocenters. The van der Waals surface area contributed by atoms with Crippen molar-refractivity contribution in [2.45, 2.75) is 18.2 Å². The summed E-state index contributed by atoms with van der Waals surface area (Å²) in [7, 11) is -3.28. The molecule has 0 atom stereocenters. The van der Waals surface area contributed by atoms with E-state index in [4.69, 9.17) is 0 Å². The summed E-state index contributed by atoms with van der Waals surface area (Å²) in [5.74, 6) is -0.212. The van der Waals surface area contributed by atoms with Gasteiger partial charge < -0.3 is 0 Å². The fourth-order valence-corrected chi connectivity index (χ4v) is 2.39. The smallest absolute Gasteiger partial charge is 0.178 e. The highest BCUT2D eigenvalue weighted by Gasteiger charge is 2.13. The van der Waals surface area contributed by atoms with Crippen LogP contribution >= 0.6 is 0 Å². The maximum atomic E-state index is 11.6. The summed E-state index contributed by atoms with van der Waals surface area (Å²) in [5, 5.41) is 0. The molecular formula is C10H12O3S. The molecule has 0 aliphatic rings. The zero-order valence-electron chi connectivity index (χ0n) is 7.93. The molecule has 0 saturated carbocycles. The Bertz CT molecular complexity index is 406. The molecule has 1 aromatic carbocycles. The van der Waals surface area contributed by atoms with E-state index in [-0.39, 0.29) is 22.9 Å². The zero-order valence-corrected chi connectivity index (χ0v) is 8.75. The van der Waals surface area contributed by atoms with Crippen molar-refractivity contribution < 1.29 is 13.2 Å². The van der Waals surface area contributed by atoms with Crippen LogP contribution in [0.5, 0.6) is 0 Å². The number of ketones is 1. The third-order valence-electron chi connectivity index (χ3n) is 1.83. The fraction of sp³-hybridized carbons (Fsp3) is 0.300. The molecule has 14 heavy (non-hydrogen) atoms. The lowest BCUT2D eigenvalue weighted by Crippen LogP contribution is -2.09. The SMILES string of the molecule is CC(=O)CCS(=O)(=O)c1ccccc1. The van der Waals surface area contributed by atoms with E-state index in [1.165, 1.54) is 19.1 Å². The lowest BCUT2D eigenvalue weighted by molar-refractivity contribution is -0.116. The van der Waals surface area contributed by atoms with Gasteiger partial charge in [0.25, 0.3) is 0 Å². The number of hydrogen-bond acceptors (Lipinski definition) is 3. The number of sulfone groups is 1. The van der Waals surface area contributed by atoms with Crippen molar-refractivity contribution in [1.82, 2.24) is 0 Å². The number of rotatable bonds is 4. The number of Topliss-reactive ketones (excluding diaryl/α,β-unsaturated/α-hetero) is 1. The summed E-state index contributed by atoms with van der Waals surface area (Å²) in [6.07, 6.45) is 0.0806. The summed E-state index contributed by atoms with van der Waals surface area (Å²) in [6, 6.07) is 8.16. The Morgan fingerprint density at radius 3 is 2.29 bits per heavy atom. The van der Waals surface area contributed by atoms with E-state index in [9.17, 15) is 13.2 Å². The molecular weight excluding hydrogens is 200 g/mol. The molecule has 4 heteroatoms. The maximum Gasteiger partial charge on any atom is 0.178 e. The quantitative estimate of drug-likeness (QED) is 0.758. The maximum absolute atomic E-state index is 11.6. The van der Waals surface area contributed by atoms with Crippen LogP contribution in [0.15, 0.2) is 35.2 Å². The van der Waals surface area contributed by atoms with Crippen molar-refractivity contribution in [2.75, 3.05) is 5.75 Å². The van der Waals surface area contributed by atoms with Crippen molar-refractivity contribution in [3.63, 3.8) is 0 Å². The monoisotopic (exact) mass is 212 g/mol. The molecule has 0 amide bonds. The van der Waals surface area contributed by atoms with Gasteiger partial charge in [0.05, 0.1) is 10.6 Å². The van der Waals surface area contributed by atoms with Gasteiger partial charge in [0.1, 0.15) is 5.78 Å². The third kappa shape index (κ3) is 2.96. The second kappa shape index (κ2) is 4.37. The largest absolute Gasteiger partial charge is 0.300 e. The van der Waals surface area contributed by atoms with Gasteiger partial charge in [-0.05, 0) is 19.1 Å². The standard InChI is InChI=1S/C10H12O3S/c1-9(11)7-8-14(12,13)10-5-3-2-4-6-10/h2-6H,7-8H2,1H3. The molecule has 0 N–H and O–H groups in total. The van der Waals surface area contributed by atoms with Gasteiger partial charge >= 0.3 is 0 Å². The van der Waals surface area contributed by atoms with Crippen molar-refractivity contribution in [3.8, 4) is 0 Å². The molecule has 0 radical (unpaired) electrons. The molecule has 0 aliphatic heterocycles. The van der Waals surface area contributed by atoms with Crippen LogP contribution in [0.3, 0.4) is 0 Å². The van der Waals surface area contributed by atoms with Crippen LogP contribution in [0.2, 0.25) is 0 Å². The van der Waals surface area contributed by atoms with Crippen LogP contribution in [0.1, 0.15) is 13.3 Å². The summed E-state index contributed by atoms with van der Waals surface area (Å²) in [5.41, 5.74) is 0. The first-order valence-corrected chi connectivity index (χ1v) is 5.95. The van der Waals surface area contributed by atoms with E-state index in [1.54, 1.807) is 18.2 Å². The normalized spacial score (nSPS) is 11.2. The lowest BCUT2D eigenvalue weighted by Gasteiger charge is -2.01. The Balaban J connectivity index is 2.82. The number of carbonyl (C=O) groups is 1. The summed E-state index contributed by atoms with van der Waals surface area (Å²) < 4.78 is 23.2. The van der Waals surface area contributed by atoms with Gasteiger partial charge in [0.15, 0.2) is 9.84 Å². The van der Waals surface area contributed by atoms with Crippen molar-refractivity contribution in [3.05, 3.63) is 30.3 Å². The van der Waals surface area contributed by atoms with Gasteiger partial charge in [-0.2, -0.15) is 0 Å². The van der Waals surface area contributed by atoms with E-state index in [2.05, 4.69) is 0 Å². The Morgan fingerprint density at radius 2 is 1.79 bits per heavy atom. The van der Waals surface area contributed by atoms with Crippen molar-refractivity contribution >= 4 is 15.6 Å². The molecule has 0 spiro atoms. The van der Waals surface area contributed by atoms with Crippen LogP contribution < -0.4 is 0 Å². The number of benzene rings is 1. The first-order chi connectivity index (χ1) is 6.52. The summed E-state index contributed by atoms with van der Waals surface area (Å²) in [6.45, 7) is 1.39. The predicted molar refractivity (Wildman–Crippen MR) is 53.8 cm³/mol. The Kier molecular flexibility index (Phi) is 3.41. The fourth-order valence-electron chi connectivity index (χ4n) is 1.02. The highest BCUT2D eigenvalue weighted by Crippen LogP contribution is 2.10. The lowest BCUT2D eigenvalue weighted by atomic mass is 10.4. The molecule has 1 rings (SSSR count). The van der Waals surface area contributed by atoms with Crippen LogP contribution in [-0.2, 0) is 14.6 Å². The van der Waals surface area contributed by atoms with Crippen LogP contribution in [0.25, 0.3) is 0 Å². The van der Waals surface area contributed by atoms with Gasteiger partial charge in [-0.1, -0.05) is 18.2 Å². The van der Waals surface area contributed by atoms with Crippen LogP contribution in [0.4, 0.5) is 0 Å². The van der Waals surface area contributed by atoms with Gasteiger partial charge in [-0.25, -0.2) is 8.42 Å². The minimum absolute atomic E-state index is 0.0806. The summed E-state index contributed by atoms with van der Waals surface area (Å²) >= 11 is 0. The van der Waals surface area contributed by atoms with E-state index in [0.717, 1.165) is 0 Å². The molecule has 1 aromatic rings. The first-order valence-electron chi connectivity index (χ1n) is 4.29. The van der Waals surface area contributed by atoms with E-state index in [0.29, 0.717) is 0 Å². The molecule has 0 heterocycles. The van der Waals surface area contributed by atoms with Crippen LogP contribution in [-0.4, -0.2) is 20.0 Å². The average Bonchev–Trinajstić information content (AvgIpc) is 2.16.